The molecule has 0 spiro atoms. The minimum Gasteiger partial charge on any atom is -0.317 e. The number of benzene rings is 1. The molecule has 1 aromatic carbocycles. The van der Waals surface area contributed by atoms with Crippen LogP contribution in [0, 0.1) is 5.92 Å². The molecule has 23 heavy (non-hydrogen) atoms. The molecule has 1 amide bonds. The summed E-state index contributed by atoms with van der Waals surface area (Å²) in [5.74, 6) is 1.09. The number of pyridine rings is 1. The van der Waals surface area contributed by atoms with E-state index < -0.39 is 0 Å². The maximum Gasteiger partial charge on any atom is 0.256 e. The van der Waals surface area contributed by atoms with Crippen molar-refractivity contribution in [3.63, 3.8) is 0 Å². The number of hydrogen-bond donors (Lipinski definition) is 2. The number of piperidine rings is 1. The van der Waals surface area contributed by atoms with Crippen molar-refractivity contribution in [2.45, 2.75) is 19.3 Å². The van der Waals surface area contributed by atoms with E-state index in [1.807, 2.05) is 18.2 Å². The van der Waals surface area contributed by atoms with Gasteiger partial charge in [0.1, 0.15) is 5.82 Å². The highest BCUT2D eigenvalue weighted by atomic mass is 35.5. The third-order valence-corrected chi connectivity index (χ3v) is 4.36. The van der Waals surface area contributed by atoms with Gasteiger partial charge in [-0.2, -0.15) is 0 Å². The van der Waals surface area contributed by atoms with Crippen molar-refractivity contribution in [3.05, 3.63) is 58.7 Å². The molecule has 1 saturated heterocycles. The molecule has 0 unspecified atom stereocenters. The average Bonchev–Trinajstić information content (AvgIpc) is 2.57. The van der Waals surface area contributed by atoms with E-state index in [0.717, 1.165) is 25.2 Å². The Kier molecular flexibility index (Phi) is 5.26. The quantitative estimate of drug-likeness (QED) is 0.902. The first-order valence-electron chi connectivity index (χ1n) is 7.94. The summed E-state index contributed by atoms with van der Waals surface area (Å²) in [6.07, 6.45) is 3.33. The number of nitrogens with zero attached hydrogens (tertiary/aromatic N) is 1. The fraction of sp³-hybridized carbons (Fsp3) is 0.333. The molecule has 2 heterocycles. The van der Waals surface area contributed by atoms with E-state index in [1.54, 1.807) is 24.3 Å². The molecule has 1 fully saturated rings. The van der Waals surface area contributed by atoms with Crippen molar-refractivity contribution in [3.8, 4) is 0 Å². The number of anilines is 1. The van der Waals surface area contributed by atoms with Crippen LogP contribution in [0.15, 0.2) is 42.5 Å². The van der Waals surface area contributed by atoms with Crippen molar-refractivity contribution >= 4 is 23.3 Å². The van der Waals surface area contributed by atoms with Crippen LogP contribution in [0.3, 0.4) is 0 Å². The van der Waals surface area contributed by atoms with Gasteiger partial charge in [-0.1, -0.05) is 17.7 Å². The Balaban J connectivity index is 1.64. The van der Waals surface area contributed by atoms with Crippen LogP contribution in [-0.4, -0.2) is 24.0 Å². The number of amides is 1. The summed E-state index contributed by atoms with van der Waals surface area (Å²) in [7, 11) is 0. The zero-order chi connectivity index (χ0) is 16.1. The number of rotatable bonds is 4. The van der Waals surface area contributed by atoms with Gasteiger partial charge < -0.3 is 10.6 Å². The van der Waals surface area contributed by atoms with Crippen molar-refractivity contribution in [1.29, 1.82) is 0 Å². The largest absolute Gasteiger partial charge is 0.317 e. The molecular formula is C18H20ClN3O. The predicted octanol–water partition coefficient (Wildman–Crippen LogP) is 3.53. The molecule has 2 aromatic rings. The fourth-order valence-electron chi connectivity index (χ4n) is 2.83. The maximum atomic E-state index is 12.2. The van der Waals surface area contributed by atoms with E-state index in [1.165, 1.54) is 12.8 Å². The van der Waals surface area contributed by atoms with E-state index >= 15 is 0 Å². The van der Waals surface area contributed by atoms with Crippen molar-refractivity contribution < 1.29 is 4.79 Å². The van der Waals surface area contributed by atoms with Gasteiger partial charge in [0.05, 0.1) is 0 Å². The third kappa shape index (κ3) is 4.53. The SMILES string of the molecule is O=C(Nc1cccc(CC2CCNCC2)n1)c1ccc(Cl)cc1. The summed E-state index contributed by atoms with van der Waals surface area (Å²) in [5, 5.41) is 6.84. The van der Waals surface area contributed by atoms with Crippen molar-refractivity contribution in [1.82, 2.24) is 10.3 Å². The van der Waals surface area contributed by atoms with Crippen molar-refractivity contribution in [2.75, 3.05) is 18.4 Å². The summed E-state index contributed by atoms with van der Waals surface area (Å²) in [6, 6.07) is 12.6. The number of nitrogens with one attached hydrogen (secondary N) is 2. The van der Waals surface area contributed by atoms with E-state index in [4.69, 9.17) is 11.6 Å². The van der Waals surface area contributed by atoms with E-state index in [-0.39, 0.29) is 5.91 Å². The first-order chi connectivity index (χ1) is 11.2. The van der Waals surface area contributed by atoms with Gasteiger partial charge >= 0.3 is 0 Å². The monoisotopic (exact) mass is 329 g/mol. The predicted molar refractivity (Wildman–Crippen MR) is 92.9 cm³/mol. The van der Waals surface area contributed by atoms with Crippen LogP contribution in [0.25, 0.3) is 0 Å². The zero-order valence-electron chi connectivity index (χ0n) is 12.9. The smallest absolute Gasteiger partial charge is 0.256 e. The maximum absolute atomic E-state index is 12.2. The fourth-order valence-corrected chi connectivity index (χ4v) is 2.96. The van der Waals surface area contributed by atoms with Gasteiger partial charge in [0.25, 0.3) is 5.91 Å². The zero-order valence-corrected chi connectivity index (χ0v) is 13.6. The molecule has 1 aliphatic heterocycles. The van der Waals surface area contributed by atoms with Gasteiger partial charge in [-0.25, -0.2) is 4.98 Å². The number of hydrogen-bond acceptors (Lipinski definition) is 3. The lowest BCUT2D eigenvalue weighted by Gasteiger charge is -2.22. The minimum atomic E-state index is -0.173. The molecule has 0 saturated carbocycles. The second kappa shape index (κ2) is 7.57. The summed E-state index contributed by atoms with van der Waals surface area (Å²) in [6.45, 7) is 2.16. The van der Waals surface area contributed by atoms with Crippen LogP contribution < -0.4 is 10.6 Å². The Bertz CT molecular complexity index is 666. The van der Waals surface area contributed by atoms with Gasteiger partial charge in [0.2, 0.25) is 0 Å². The Hall–Kier alpha value is -1.91. The number of halogens is 1. The summed E-state index contributed by atoms with van der Waals surface area (Å²) in [5.41, 5.74) is 1.60. The molecule has 120 valence electrons. The Labute approximate surface area is 141 Å². The Morgan fingerprint density at radius 1 is 1.17 bits per heavy atom. The molecule has 1 aromatic heterocycles. The first-order valence-corrected chi connectivity index (χ1v) is 8.32. The van der Waals surface area contributed by atoms with Crippen LogP contribution in [0.2, 0.25) is 5.02 Å². The van der Waals surface area contributed by atoms with Crippen LogP contribution in [0.5, 0.6) is 0 Å². The van der Waals surface area contributed by atoms with Crippen LogP contribution in [0.1, 0.15) is 28.9 Å². The summed E-state index contributed by atoms with van der Waals surface area (Å²) < 4.78 is 0. The molecule has 0 atom stereocenters. The molecular weight excluding hydrogens is 310 g/mol. The number of carbonyl (C=O) groups excluding carboxylic acids is 1. The van der Waals surface area contributed by atoms with E-state index in [0.29, 0.717) is 22.3 Å². The molecule has 1 aliphatic rings. The second-order valence-electron chi connectivity index (χ2n) is 5.87. The lowest BCUT2D eigenvalue weighted by Crippen LogP contribution is -2.28. The minimum absolute atomic E-state index is 0.173. The van der Waals surface area contributed by atoms with Gasteiger partial charge in [-0.15, -0.1) is 0 Å². The van der Waals surface area contributed by atoms with E-state index in [9.17, 15) is 4.79 Å². The standard InChI is InChI=1S/C18H20ClN3O/c19-15-6-4-14(5-7-15)18(23)22-17-3-1-2-16(21-17)12-13-8-10-20-11-9-13/h1-7,13,20H,8-12H2,(H,21,22,23). The molecule has 0 bridgehead atoms. The van der Waals surface area contributed by atoms with Crippen LogP contribution in [0.4, 0.5) is 5.82 Å². The topological polar surface area (TPSA) is 54.0 Å². The Morgan fingerprint density at radius 2 is 1.91 bits per heavy atom. The lowest BCUT2D eigenvalue weighted by molar-refractivity contribution is 0.102. The van der Waals surface area contributed by atoms with Crippen LogP contribution >= 0.6 is 11.6 Å². The summed E-state index contributed by atoms with van der Waals surface area (Å²) >= 11 is 5.84. The highest BCUT2D eigenvalue weighted by Crippen LogP contribution is 2.18. The molecule has 0 radical (unpaired) electrons. The molecule has 5 heteroatoms. The highest BCUT2D eigenvalue weighted by molar-refractivity contribution is 6.30. The molecule has 0 aliphatic carbocycles. The first kappa shape index (κ1) is 16.0. The van der Waals surface area contributed by atoms with Crippen molar-refractivity contribution in [2.24, 2.45) is 5.92 Å². The number of carbonyl (C=O) groups is 1. The molecule has 2 N–H and O–H groups in total. The Morgan fingerprint density at radius 3 is 2.65 bits per heavy atom. The van der Waals surface area contributed by atoms with Gasteiger partial charge in [-0.05, 0) is 74.7 Å². The van der Waals surface area contributed by atoms with Gasteiger partial charge in [0.15, 0.2) is 0 Å². The number of aromatic nitrogens is 1. The molecule has 3 rings (SSSR count). The highest BCUT2D eigenvalue weighted by Gasteiger charge is 2.14. The summed E-state index contributed by atoms with van der Waals surface area (Å²) in [4.78, 5) is 16.8. The third-order valence-electron chi connectivity index (χ3n) is 4.11. The van der Waals surface area contributed by atoms with Gasteiger partial charge in [-0.3, -0.25) is 4.79 Å². The normalized spacial score (nSPS) is 15.3. The van der Waals surface area contributed by atoms with Crippen LogP contribution in [-0.2, 0) is 6.42 Å². The van der Waals surface area contributed by atoms with Gasteiger partial charge in [0, 0.05) is 16.3 Å². The second-order valence-corrected chi connectivity index (χ2v) is 6.31. The van der Waals surface area contributed by atoms with E-state index in [2.05, 4.69) is 15.6 Å². The lowest BCUT2D eigenvalue weighted by atomic mass is 9.93. The average molecular weight is 330 g/mol. The molecule has 4 nitrogen and oxygen atoms in total.